The standard InChI is InChI=1S/C26H29ClN2O4/c27-22-6-2-1-4-18(22)17-29-11-9-26(31,10-12-29)20-7-8-23-19(14-20)15-24(33-23)25(30)28-16-21-5-3-13-32-21/h1-2,4,6-8,14-15,21,31H,3,5,9-13,16-17H2,(H,28,30)/t21-/m0/s1. The Kier molecular flexibility index (Phi) is 6.43. The van der Waals surface area contributed by atoms with E-state index in [1.54, 1.807) is 6.07 Å². The number of nitrogens with one attached hydrogen (secondary N) is 1. The maximum Gasteiger partial charge on any atom is 0.287 e. The quantitative estimate of drug-likeness (QED) is 0.558. The summed E-state index contributed by atoms with van der Waals surface area (Å²) in [6.07, 6.45) is 3.36. The molecule has 0 unspecified atom stereocenters. The second-order valence-corrected chi connectivity index (χ2v) is 9.51. The predicted octanol–water partition coefficient (Wildman–Crippen LogP) is 4.48. The highest BCUT2D eigenvalue weighted by molar-refractivity contribution is 6.31. The normalized spacial score (nSPS) is 20.8. The Balaban J connectivity index is 1.24. The number of ether oxygens (including phenoxy) is 1. The Morgan fingerprint density at radius 1 is 1.18 bits per heavy atom. The zero-order valence-corrected chi connectivity index (χ0v) is 19.3. The molecule has 1 aromatic heterocycles. The molecule has 2 aliphatic heterocycles. The van der Waals surface area contributed by atoms with Gasteiger partial charge in [-0.2, -0.15) is 0 Å². The molecular weight excluding hydrogens is 440 g/mol. The van der Waals surface area contributed by atoms with Crippen LogP contribution in [0.4, 0.5) is 0 Å². The molecule has 2 fully saturated rings. The summed E-state index contributed by atoms with van der Waals surface area (Å²) in [6, 6.07) is 15.3. The lowest BCUT2D eigenvalue weighted by Gasteiger charge is -2.38. The monoisotopic (exact) mass is 468 g/mol. The number of hydrogen-bond donors (Lipinski definition) is 2. The fourth-order valence-electron chi connectivity index (χ4n) is 4.78. The van der Waals surface area contributed by atoms with Gasteiger partial charge in [0.15, 0.2) is 5.76 Å². The summed E-state index contributed by atoms with van der Waals surface area (Å²) in [5, 5.41) is 15.9. The Bertz CT molecular complexity index is 1130. The molecule has 5 rings (SSSR count). The lowest BCUT2D eigenvalue weighted by atomic mass is 9.84. The van der Waals surface area contributed by atoms with E-state index in [1.165, 1.54) is 0 Å². The van der Waals surface area contributed by atoms with Gasteiger partial charge in [-0.15, -0.1) is 0 Å². The SMILES string of the molecule is O=C(NC[C@@H]1CCCO1)c1cc2cc(C3(O)CCN(Cc4ccccc4Cl)CC3)ccc2o1. The minimum Gasteiger partial charge on any atom is -0.451 e. The van der Waals surface area contributed by atoms with Crippen LogP contribution in [0.2, 0.25) is 5.02 Å². The number of piperidine rings is 1. The first-order valence-electron chi connectivity index (χ1n) is 11.6. The average molecular weight is 469 g/mol. The van der Waals surface area contributed by atoms with Crippen LogP contribution < -0.4 is 5.32 Å². The minimum atomic E-state index is -0.898. The fourth-order valence-corrected chi connectivity index (χ4v) is 4.98. The zero-order valence-electron chi connectivity index (χ0n) is 18.6. The third-order valence-corrected chi connectivity index (χ3v) is 7.20. The molecule has 3 aromatic rings. The number of rotatable bonds is 6. The van der Waals surface area contributed by atoms with Crippen molar-refractivity contribution in [3.8, 4) is 0 Å². The highest BCUT2D eigenvalue weighted by Gasteiger charge is 2.34. The van der Waals surface area contributed by atoms with Gasteiger partial charge in [0.05, 0.1) is 11.7 Å². The summed E-state index contributed by atoms with van der Waals surface area (Å²) in [5.41, 5.74) is 1.71. The number of hydrogen-bond acceptors (Lipinski definition) is 5. The number of halogens is 1. The largest absolute Gasteiger partial charge is 0.451 e. The molecule has 0 saturated carbocycles. The van der Waals surface area contributed by atoms with Gasteiger partial charge in [-0.3, -0.25) is 9.69 Å². The highest BCUT2D eigenvalue weighted by Crippen LogP contribution is 2.35. The molecule has 1 atom stereocenters. The van der Waals surface area contributed by atoms with Crippen LogP contribution in [0.5, 0.6) is 0 Å². The molecule has 0 aliphatic carbocycles. The Morgan fingerprint density at radius 3 is 2.76 bits per heavy atom. The third kappa shape index (κ3) is 4.94. The van der Waals surface area contributed by atoms with E-state index in [4.69, 9.17) is 20.8 Å². The first kappa shape index (κ1) is 22.4. The van der Waals surface area contributed by atoms with Gasteiger partial charge in [-0.25, -0.2) is 0 Å². The van der Waals surface area contributed by atoms with E-state index < -0.39 is 5.60 Å². The molecule has 2 aromatic carbocycles. The molecular formula is C26H29ClN2O4. The van der Waals surface area contributed by atoms with Crippen LogP contribution >= 0.6 is 11.6 Å². The van der Waals surface area contributed by atoms with E-state index in [9.17, 15) is 9.90 Å². The van der Waals surface area contributed by atoms with Gasteiger partial charge < -0.3 is 19.6 Å². The molecule has 2 aliphatic rings. The van der Waals surface area contributed by atoms with Crippen LogP contribution in [-0.4, -0.2) is 48.3 Å². The van der Waals surface area contributed by atoms with E-state index in [0.717, 1.165) is 60.6 Å². The average Bonchev–Trinajstić information content (AvgIpc) is 3.50. The Labute approximate surface area is 198 Å². The van der Waals surface area contributed by atoms with Crippen LogP contribution in [0.15, 0.2) is 52.9 Å². The molecule has 0 spiro atoms. The van der Waals surface area contributed by atoms with Crippen LogP contribution in [0.3, 0.4) is 0 Å². The number of carbonyl (C=O) groups is 1. The number of carbonyl (C=O) groups excluding carboxylic acids is 1. The van der Waals surface area contributed by atoms with Gasteiger partial charge >= 0.3 is 0 Å². The van der Waals surface area contributed by atoms with Crippen molar-refractivity contribution >= 4 is 28.5 Å². The third-order valence-electron chi connectivity index (χ3n) is 6.83. The minimum absolute atomic E-state index is 0.0861. The van der Waals surface area contributed by atoms with E-state index in [1.807, 2.05) is 42.5 Å². The van der Waals surface area contributed by atoms with Gasteiger partial charge in [-0.05, 0) is 61.1 Å². The fraction of sp³-hybridized carbons (Fsp3) is 0.423. The molecule has 7 heteroatoms. The molecule has 0 bridgehead atoms. The van der Waals surface area contributed by atoms with E-state index in [0.29, 0.717) is 25.0 Å². The number of aliphatic hydroxyl groups is 1. The molecule has 33 heavy (non-hydrogen) atoms. The second kappa shape index (κ2) is 9.47. The summed E-state index contributed by atoms with van der Waals surface area (Å²) in [6.45, 7) is 3.59. The molecule has 174 valence electrons. The van der Waals surface area contributed by atoms with Crippen molar-refractivity contribution in [3.63, 3.8) is 0 Å². The predicted molar refractivity (Wildman–Crippen MR) is 127 cm³/mol. The number of likely N-dealkylation sites (tertiary alicyclic amines) is 1. The lowest BCUT2D eigenvalue weighted by molar-refractivity contribution is -0.0276. The smallest absolute Gasteiger partial charge is 0.287 e. The van der Waals surface area contributed by atoms with Crippen molar-refractivity contribution in [2.24, 2.45) is 0 Å². The summed E-state index contributed by atoms with van der Waals surface area (Å²) in [5.74, 6) is 0.0385. The van der Waals surface area contributed by atoms with Gasteiger partial charge in [0.25, 0.3) is 5.91 Å². The van der Waals surface area contributed by atoms with E-state index in [2.05, 4.69) is 10.2 Å². The maximum atomic E-state index is 12.5. The molecule has 1 amide bonds. The number of benzene rings is 2. The summed E-state index contributed by atoms with van der Waals surface area (Å²) < 4.78 is 11.3. The second-order valence-electron chi connectivity index (χ2n) is 9.11. The van der Waals surface area contributed by atoms with Crippen LogP contribution in [0, 0.1) is 0 Å². The van der Waals surface area contributed by atoms with E-state index >= 15 is 0 Å². The van der Waals surface area contributed by atoms with Crippen molar-refractivity contribution in [3.05, 3.63) is 70.4 Å². The Hall–Kier alpha value is -2.38. The lowest BCUT2D eigenvalue weighted by Crippen LogP contribution is -2.42. The van der Waals surface area contributed by atoms with Crippen molar-refractivity contribution in [2.75, 3.05) is 26.2 Å². The number of nitrogens with zero attached hydrogens (tertiary/aromatic N) is 1. The number of amides is 1. The van der Waals surface area contributed by atoms with Crippen LogP contribution in [0.25, 0.3) is 11.0 Å². The first-order valence-corrected chi connectivity index (χ1v) is 12.0. The van der Waals surface area contributed by atoms with E-state index in [-0.39, 0.29) is 17.8 Å². The molecule has 0 radical (unpaired) electrons. The van der Waals surface area contributed by atoms with Gasteiger partial charge in [0.2, 0.25) is 0 Å². The van der Waals surface area contributed by atoms with Gasteiger partial charge in [0.1, 0.15) is 5.58 Å². The summed E-state index contributed by atoms with van der Waals surface area (Å²) in [7, 11) is 0. The van der Waals surface area contributed by atoms with Crippen molar-refractivity contribution in [1.29, 1.82) is 0 Å². The first-order chi connectivity index (χ1) is 16.0. The zero-order chi connectivity index (χ0) is 22.8. The van der Waals surface area contributed by atoms with Gasteiger partial charge in [-0.1, -0.05) is 35.9 Å². The molecule has 3 heterocycles. The molecule has 2 N–H and O–H groups in total. The Morgan fingerprint density at radius 2 is 2.00 bits per heavy atom. The van der Waals surface area contributed by atoms with Crippen LogP contribution in [-0.2, 0) is 16.9 Å². The van der Waals surface area contributed by atoms with Gasteiger partial charge in [0, 0.05) is 43.2 Å². The van der Waals surface area contributed by atoms with Crippen molar-refractivity contribution < 1.29 is 19.1 Å². The molecule has 6 nitrogen and oxygen atoms in total. The van der Waals surface area contributed by atoms with Crippen molar-refractivity contribution in [2.45, 2.75) is 43.9 Å². The molecule has 2 saturated heterocycles. The highest BCUT2D eigenvalue weighted by atomic mass is 35.5. The van der Waals surface area contributed by atoms with Crippen molar-refractivity contribution in [1.82, 2.24) is 10.2 Å². The number of furan rings is 1. The number of fused-ring (bicyclic) bond motifs is 1. The topological polar surface area (TPSA) is 74.9 Å². The summed E-state index contributed by atoms with van der Waals surface area (Å²) >= 11 is 6.31. The van der Waals surface area contributed by atoms with Crippen LogP contribution in [0.1, 0.15) is 47.4 Å². The summed E-state index contributed by atoms with van der Waals surface area (Å²) in [4.78, 5) is 14.8. The maximum absolute atomic E-state index is 12.5.